The highest BCUT2D eigenvalue weighted by molar-refractivity contribution is 4.73. The molecule has 0 saturated carbocycles. The molecular weight excluding hydrogens is 224 g/mol. The lowest BCUT2D eigenvalue weighted by atomic mass is 10.3. The molecule has 1 saturated heterocycles. The Morgan fingerprint density at radius 3 is 2.71 bits per heavy atom. The van der Waals surface area contributed by atoms with Crippen molar-refractivity contribution in [2.45, 2.75) is 38.6 Å². The van der Waals surface area contributed by atoms with Crippen molar-refractivity contribution >= 4 is 0 Å². The molecule has 2 atom stereocenters. The maximum atomic E-state index is 9.02. The van der Waals surface area contributed by atoms with Crippen LogP contribution >= 0.6 is 0 Å². The van der Waals surface area contributed by atoms with Crippen molar-refractivity contribution in [3.63, 3.8) is 0 Å². The molecule has 1 fully saturated rings. The molecule has 5 heteroatoms. The molecule has 1 rings (SSSR count). The zero-order valence-corrected chi connectivity index (χ0v) is 10.8. The molecule has 1 aliphatic heterocycles. The van der Waals surface area contributed by atoms with Gasteiger partial charge in [-0.05, 0) is 13.3 Å². The Labute approximate surface area is 103 Å². The van der Waals surface area contributed by atoms with E-state index in [-0.39, 0.29) is 12.7 Å². The Balaban J connectivity index is 1.94. The third-order valence-corrected chi connectivity index (χ3v) is 2.60. The van der Waals surface area contributed by atoms with Gasteiger partial charge in [-0.3, -0.25) is 0 Å². The van der Waals surface area contributed by atoms with E-state index in [4.69, 9.17) is 24.1 Å². The van der Waals surface area contributed by atoms with Crippen LogP contribution in [0.1, 0.15) is 26.7 Å². The number of hydrogen-bond acceptors (Lipinski definition) is 5. The minimum Gasteiger partial charge on any atom is -0.391 e. The summed E-state index contributed by atoms with van der Waals surface area (Å²) in [5.41, 5.74) is 0. The molecule has 0 aromatic carbocycles. The van der Waals surface area contributed by atoms with E-state index in [1.807, 2.05) is 0 Å². The molecule has 1 aliphatic rings. The van der Waals surface area contributed by atoms with Gasteiger partial charge in [-0.15, -0.1) is 0 Å². The van der Waals surface area contributed by atoms with E-state index in [9.17, 15) is 0 Å². The van der Waals surface area contributed by atoms with E-state index in [1.165, 1.54) is 0 Å². The second-order valence-corrected chi connectivity index (χ2v) is 4.38. The molecule has 0 radical (unpaired) electrons. The Bertz CT molecular complexity index is 199. The second kappa shape index (κ2) is 8.00. The summed E-state index contributed by atoms with van der Waals surface area (Å²) in [5, 5.41) is 9.02. The summed E-state index contributed by atoms with van der Waals surface area (Å²) >= 11 is 0. The normalized spacial score (nSPS) is 28.8. The zero-order chi connectivity index (χ0) is 12.6. The van der Waals surface area contributed by atoms with Gasteiger partial charge < -0.3 is 24.1 Å². The molecule has 2 unspecified atom stereocenters. The first-order valence-corrected chi connectivity index (χ1v) is 6.28. The van der Waals surface area contributed by atoms with Crippen molar-refractivity contribution in [1.82, 2.24) is 0 Å². The van der Waals surface area contributed by atoms with Crippen LogP contribution < -0.4 is 0 Å². The Kier molecular flexibility index (Phi) is 6.99. The molecule has 1 heterocycles. The van der Waals surface area contributed by atoms with Crippen LogP contribution in [0.2, 0.25) is 0 Å². The van der Waals surface area contributed by atoms with Gasteiger partial charge in [-0.25, -0.2) is 0 Å². The van der Waals surface area contributed by atoms with Crippen molar-refractivity contribution in [2.24, 2.45) is 0 Å². The third-order valence-electron chi connectivity index (χ3n) is 2.60. The number of unbranched alkanes of at least 4 members (excludes halogenated alkanes) is 1. The fraction of sp³-hybridized carbons (Fsp3) is 1.00. The van der Waals surface area contributed by atoms with Gasteiger partial charge in [0.15, 0.2) is 5.79 Å². The minimum atomic E-state index is -0.856. The number of aliphatic hydroxyl groups is 1. The molecule has 5 nitrogen and oxygen atoms in total. The minimum absolute atomic E-state index is 0.0946. The highest BCUT2D eigenvalue weighted by Gasteiger charge is 2.36. The van der Waals surface area contributed by atoms with Crippen LogP contribution in [0, 0.1) is 0 Å². The molecular formula is C12H24O5. The molecule has 0 aliphatic carbocycles. The summed E-state index contributed by atoms with van der Waals surface area (Å²) in [6.07, 6.45) is 2.14. The van der Waals surface area contributed by atoms with Gasteiger partial charge in [0.2, 0.25) is 0 Å². The standard InChI is InChI=1S/C12H24O5/c1-3-4-5-14-6-7-15-8-11-9-16-12(2,10-13)17-11/h11,13H,3-10H2,1-2H3. The third kappa shape index (κ3) is 5.79. The van der Waals surface area contributed by atoms with Gasteiger partial charge in [0, 0.05) is 6.61 Å². The van der Waals surface area contributed by atoms with E-state index < -0.39 is 5.79 Å². The summed E-state index contributed by atoms with van der Waals surface area (Å²) < 4.78 is 21.6. The van der Waals surface area contributed by atoms with E-state index >= 15 is 0 Å². The van der Waals surface area contributed by atoms with E-state index in [1.54, 1.807) is 6.92 Å². The average molecular weight is 248 g/mol. The lowest BCUT2D eigenvalue weighted by molar-refractivity contribution is -0.183. The van der Waals surface area contributed by atoms with Crippen LogP contribution in [0.15, 0.2) is 0 Å². The fourth-order valence-electron chi connectivity index (χ4n) is 1.54. The van der Waals surface area contributed by atoms with Gasteiger partial charge in [-0.2, -0.15) is 0 Å². The first kappa shape index (κ1) is 14.9. The molecule has 0 bridgehead atoms. The first-order valence-electron chi connectivity index (χ1n) is 6.28. The molecule has 1 N–H and O–H groups in total. The monoisotopic (exact) mass is 248 g/mol. The predicted molar refractivity (Wildman–Crippen MR) is 62.9 cm³/mol. The topological polar surface area (TPSA) is 57.2 Å². The van der Waals surface area contributed by atoms with Crippen LogP contribution in [0.4, 0.5) is 0 Å². The van der Waals surface area contributed by atoms with Gasteiger partial charge in [0.1, 0.15) is 6.10 Å². The highest BCUT2D eigenvalue weighted by atomic mass is 16.8. The lowest BCUT2D eigenvalue weighted by Gasteiger charge is -2.19. The first-order chi connectivity index (χ1) is 8.20. The molecule has 0 amide bonds. The van der Waals surface area contributed by atoms with Gasteiger partial charge in [-0.1, -0.05) is 13.3 Å². The Morgan fingerprint density at radius 1 is 1.29 bits per heavy atom. The van der Waals surface area contributed by atoms with Crippen LogP contribution in [0.3, 0.4) is 0 Å². The zero-order valence-electron chi connectivity index (χ0n) is 10.8. The summed E-state index contributed by atoms with van der Waals surface area (Å²) in [7, 11) is 0. The summed E-state index contributed by atoms with van der Waals surface area (Å²) in [5.74, 6) is -0.856. The quantitative estimate of drug-likeness (QED) is 0.615. The molecule has 0 aromatic rings. The van der Waals surface area contributed by atoms with Crippen LogP contribution in [0.5, 0.6) is 0 Å². The van der Waals surface area contributed by atoms with Gasteiger partial charge in [0.25, 0.3) is 0 Å². The van der Waals surface area contributed by atoms with E-state index in [0.717, 1.165) is 19.4 Å². The molecule has 0 spiro atoms. The Hall–Kier alpha value is -0.200. The van der Waals surface area contributed by atoms with E-state index in [2.05, 4.69) is 6.92 Å². The number of hydrogen-bond donors (Lipinski definition) is 1. The molecule has 0 aromatic heterocycles. The average Bonchev–Trinajstić information content (AvgIpc) is 2.71. The van der Waals surface area contributed by atoms with Crippen LogP contribution in [-0.4, -0.2) is 56.6 Å². The maximum Gasteiger partial charge on any atom is 0.189 e. The lowest BCUT2D eigenvalue weighted by Crippen LogP contribution is -2.32. The van der Waals surface area contributed by atoms with Crippen LogP contribution in [0.25, 0.3) is 0 Å². The maximum absolute atomic E-state index is 9.02. The number of aliphatic hydroxyl groups excluding tert-OH is 1. The summed E-state index contributed by atoms with van der Waals surface area (Å²) in [4.78, 5) is 0. The predicted octanol–water partition coefficient (Wildman–Crippen LogP) is 0.944. The van der Waals surface area contributed by atoms with Gasteiger partial charge in [0.05, 0.1) is 33.0 Å². The van der Waals surface area contributed by atoms with Crippen molar-refractivity contribution in [3.8, 4) is 0 Å². The van der Waals surface area contributed by atoms with Crippen molar-refractivity contribution < 1.29 is 24.1 Å². The summed E-state index contributed by atoms with van der Waals surface area (Å²) in [6, 6.07) is 0. The van der Waals surface area contributed by atoms with Crippen molar-refractivity contribution in [3.05, 3.63) is 0 Å². The SMILES string of the molecule is CCCCOCCOCC1COC(C)(CO)O1. The van der Waals surface area contributed by atoms with Crippen molar-refractivity contribution in [1.29, 1.82) is 0 Å². The summed E-state index contributed by atoms with van der Waals surface area (Å²) in [6.45, 7) is 6.65. The number of ether oxygens (including phenoxy) is 4. The fourth-order valence-corrected chi connectivity index (χ4v) is 1.54. The molecule has 17 heavy (non-hydrogen) atoms. The second-order valence-electron chi connectivity index (χ2n) is 4.38. The van der Waals surface area contributed by atoms with Gasteiger partial charge >= 0.3 is 0 Å². The van der Waals surface area contributed by atoms with Crippen molar-refractivity contribution in [2.75, 3.05) is 39.6 Å². The largest absolute Gasteiger partial charge is 0.391 e. The van der Waals surface area contributed by atoms with Crippen LogP contribution in [-0.2, 0) is 18.9 Å². The number of rotatable bonds is 9. The Morgan fingerprint density at radius 2 is 2.06 bits per heavy atom. The smallest absolute Gasteiger partial charge is 0.189 e. The highest BCUT2D eigenvalue weighted by Crippen LogP contribution is 2.22. The molecule has 102 valence electrons. The van der Waals surface area contributed by atoms with E-state index in [0.29, 0.717) is 26.4 Å².